The van der Waals surface area contributed by atoms with E-state index in [1.165, 1.54) is 51.6 Å². The second kappa shape index (κ2) is 8.26. The van der Waals surface area contributed by atoms with Crippen molar-refractivity contribution >= 4 is 5.96 Å². The maximum Gasteiger partial charge on any atom is 0.193 e. The van der Waals surface area contributed by atoms with Crippen molar-refractivity contribution < 1.29 is 4.74 Å². The molecule has 0 amide bonds. The third kappa shape index (κ3) is 4.68. The second-order valence-corrected chi connectivity index (χ2v) is 8.81. The number of nitrogens with one attached hydrogen (secondary N) is 1. The Hall–Kier alpha value is -0.810. The Morgan fingerprint density at radius 1 is 1.08 bits per heavy atom. The molecule has 144 valence electrons. The predicted molar refractivity (Wildman–Crippen MR) is 104 cm³/mol. The van der Waals surface area contributed by atoms with Crippen LogP contribution in [0.2, 0.25) is 0 Å². The number of guanidine groups is 1. The van der Waals surface area contributed by atoms with Crippen molar-refractivity contribution in [3.8, 4) is 0 Å². The third-order valence-electron chi connectivity index (χ3n) is 6.47. The van der Waals surface area contributed by atoms with E-state index < -0.39 is 0 Å². The molecule has 3 rings (SSSR count). The summed E-state index contributed by atoms with van der Waals surface area (Å²) in [5.41, 5.74) is 0.668. The molecule has 2 saturated heterocycles. The highest BCUT2D eigenvalue weighted by molar-refractivity contribution is 5.80. The van der Waals surface area contributed by atoms with Crippen molar-refractivity contribution in [2.24, 2.45) is 10.4 Å². The highest BCUT2D eigenvalue weighted by Gasteiger charge is 2.40. The van der Waals surface area contributed by atoms with E-state index in [1.54, 1.807) is 0 Å². The van der Waals surface area contributed by atoms with E-state index in [-0.39, 0.29) is 5.54 Å². The molecule has 0 aromatic carbocycles. The van der Waals surface area contributed by atoms with Crippen LogP contribution in [-0.4, -0.2) is 73.8 Å². The zero-order valence-electron chi connectivity index (χ0n) is 16.6. The molecule has 5 nitrogen and oxygen atoms in total. The van der Waals surface area contributed by atoms with E-state index in [0.29, 0.717) is 5.41 Å². The van der Waals surface area contributed by atoms with Crippen LogP contribution in [0.5, 0.6) is 0 Å². The molecule has 1 aliphatic carbocycles. The Kier molecular flexibility index (Phi) is 6.26. The molecule has 0 bridgehead atoms. The minimum absolute atomic E-state index is 0.0900. The molecule has 3 aliphatic rings. The Labute approximate surface area is 154 Å². The molecule has 0 unspecified atom stereocenters. The first-order valence-corrected chi connectivity index (χ1v) is 10.4. The topological polar surface area (TPSA) is 40.1 Å². The maximum absolute atomic E-state index is 5.51. The van der Waals surface area contributed by atoms with E-state index in [9.17, 15) is 0 Å². The molecule has 5 heteroatoms. The van der Waals surface area contributed by atoms with Gasteiger partial charge in [0.05, 0.1) is 19.8 Å². The summed E-state index contributed by atoms with van der Waals surface area (Å²) in [5.74, 6) is 1.13. The number of likely N-dealkylation sites (tertiary alicyclic amines) is 1. The van der Waals surface area contributed by atoms with E-state index in [4.69, 9.17) is 9.73 Å². The van der Waals surface area contributed by atoms with E-state index in [2.05, 4.69) is 35.9 Å². The number of morpholine rings is 1. The van der Waals surface area contributed by atoms with Gasteiger partial charge in [-0.3, -0.25) is 9.89 Å². The molecular weight excluding hydrogens is 312 g/mol. The van der Waals surface area contributed by atoms with Gasteiger partial charge in [0.15, 0.2) is 5.96 Å². The summed E-state index contributed by atoms with van der Waals surface area (Å²) in [6.45, 7) is 14.7. The number of ether oxygens (including phenoxy) is 1. The van der Waals surface area contributed by atoms with E-state index in [0.717, 1.165) is 45.4 Å². The average molecular weight is 351 g/mol. The van der Waals surface area contributed by atoms with Gasteiger partial charge in [-0.25, -0.2) is 0 Å². The molecule has 0 atom stereocenters. The highest BCUT2D eigenvalue weighted by atomic mass is 16.5. The lowest BCUT2D eigenvalue weighted by molar-refractivity contribution is -0.00689. The van der Waals surface area contributed by atoms with Crippen LogP contribution in [0, 0.1) is 5.41 Å². The van der Waals surface area contributed by atoms with Gasteiger partial charge in [0.25, 0.3) is 0 Å². The molecule has 0 radical (unpaired) electrons. The quantitative estimate of drug-likeness (QED) is 0.625. The van der Waals surface area contributed by atoms with Crippen molar-refractivity contribution in [3.63, 3.8) is 0 Å². The lowest BCUT2D eigenvalue weighted by Gasteiger charge is -2.40. The van der Waals surface area contributed by atoms with E-state index >= 15 is 0 Å². The summed E-state index contributed by atoms with van der Waals surface area (Å²) < 4.78 is 5.51. The van der Waals surface area contributed by atoms with Gasteiger partial charge >= 0.3 is 0 Å². The Morgan fingerprint density at radius 2 is 1.80 bits per heavy atom. The number of nitrogens with zero attached hydrogens (tertiary/aromatic N) is 3. The summed E-state index contributed by atoms with van der Waals surface area (Å²) in [6.07, 6.45) is 8.47. The molecule has 1 saturated carbocycles. The number of hydrogen-bond donors (Lipinski definition) is 1. The average Bonchev–Trinajstić information content (AvgIpc) is 3.03. The third-order valence-corrected chi connectivity index (χ3v) is 6.47. The van der Waals surface area contributed by atoms with Crippen molar-refractivity contribution in [2.75, 3.05) is 52.5 Å². The van der Waals surface area contributed by atoms with Crippen LogP contribution in [0.3, 0.4) is 0 Å². The zero-order valence-corrected chi connectivity index (χ0v) is 16.6. The van der Waals surface area contributed by atoms with Crippen LogP contribution < -0.4 is 5.32 Å². The van der Waals surface area contributed by atoms with Gasteiger partial charge in [0, 0.05) is 38.3 Å². The van der Waals surface area contributed by atoms with Crippen molar-refractivity contribution in [1.82, 2.24) is 15.1 Å². The van der Waals surface area contributed by atoms with Crippen LogP contribution in [0.4, 0.5) is 0 Å². The molecule has 1 spiro atoms. The Morgan fingerprint density at radius 3 is 2.48 bits per heavy atom. The largest absolute Gasteiger partial charge is 0.379 e. The van der Waals surface area contributed by atoms with Crippen LogP contribution in [-0.2, 0) is 4.74 Å². The summed E-state index contributed by atoms with van der Waals surface area (Å²) in [4.78, 5) is 10.1. The molecule has 0 aromatic heterocycles. The van der Waals surface area contributed by atoms with Gasteiger partial charge in [-0.05, 0) is 45.4 Å². The van der Waals surface area contributed by atoms with Gasteiger partial charge in [0.1, 0.15) is 0 Å². The first-order chi connectivity index (χ1) is 12.0. The molecule has 1 N–H and O–H groups in total. The van der Waals surface area contributed by atoms with Crippen LogP contribution in [0.25, 0.3) is 0 Å². The number of rotatable bonds is 4. The highest BCUT2D eigenvalue weighted by Crippen LogP contribution is 2.43. The van der Waals surface area contributed by atoms with E-state index in [1.807, 2.05) is 0 Å². The molecule has 3 fully saturated rings. The predicted octanol–water partition coefficient (Wildman–Crippen LogP) is 2.72. The first-order valence-electron chi connectivity index (χ1n) is 10.4. The van der Waals surface area contributed by atoms with Gasteiger partial charge in [-0.2, -0.15) is 0 Å². The normalized spacial score (nSPS) is 25.6. The monoisotopic (exact) mass is 350 g/mol. The standard InChI is InChI=1S/C20H38N4O/c1-4-21-18(22-16-19(2,3)24-12-14-25-15-13-24)23-11-10-20(17-23)8-6-5-7-9-20/h4-17H2,1-3H3,(H,21,22). The zero-order chi connectivity index (χ0) is 17.8. The fourth-order valence-corrected chi connectivity index (χ4v) is 4.79. The lowest BCUT2D eigenvalue weighted by atomic mass is 9.73. The van der Waals surface area contributed by atoms with Gasteiger partial charge in [-0.15, -0.1) is 0 Å². The number of hydrogen-bond acceptors (Lipinski definition) is 3. The fraction of sp³-hybridized carbons (Fsp3) is 0.950. The van der Waals surface area contributed by atoms with Crippen LogP contribution in [0.15, 0.2) is 4.99 Å². The van der Waals surface area contributed by atoms with Crippen molar-refractivity contribution in [2.45, 2.75) is 64.8 Å². The summed E-state index contributed by atoms with van der Waals surface area (Å²) in [6, 6.07) is 0. The summed E-state index contributed by atoms with van der Waals surface area (Å²) >= 11 is 0. The molecule has 2 aliphatic heterocycles. The SMILES string of the molecule is CCNC(=NCC(C)(C)N1CCOCC1)N1CCC2(CCCCC2)C1. The lowest BCUT2D eigenvalue weighted by Crippen LogP contribution is -2.52. The Bertz CT molecular complexity index is 451. The minimum atomic E-state index is 0.0900. The molecule has 0 aromatic rings. The first kappa shape index (κ1) is 19.0. The van der Waals surface area contributed by atoms with Crippen LogP contribution in [0.1, 0.15) is 59.3 Å². The minimum Gasteiger partial charge on any atom is -0.379 e. The molecule has 2 heterocycles. The van der Waals surface area contributed by atoms with Gasteiger partial charge in [0.2, 0.25) is 0 Å². The van der Waals surface area contributed by atoms with Gasteiger partial charge < -0.3 is 15.0 Å². The van der Waals surface area contributed by atoms with Crippen molar-refractivity contribution in [1.29, 1.82) is 0 Å². The Balaban J connectivity index is 1.62. The van der Waals surface area contributed by atoms with Crippen LogP contribution >= 0.6 is 0 Å². The maximum atomic E-state index is 5.51. The van der Waals surface area contributed by atoms with Gasteiger partial charge in [-0.1, -0.05) is 19.3 Å². The summed E-state index contributed by atoms with van der Waals surface area (Å²) in [5, 5.41) is 3.55. The number of aliphatic imine (C=N–C) groups is 1. The van der Waals surface area contributed by atoms with Crippen molar-refractivity contribution in [3.05, 3.63) is 0 Å². The molecule has 25 heavy (non-hydrogen) atoms. The fourth-order valence-electron chi connectivity index (χ4n) is 4.79. The summed E-state index contributed by atoms with van der Waals surface area (Å²) in [7, 11) is 0. The smallest absolute Gasteiger partial charge is 0.193 e. The molecular formula is C20H38N4O. The second-order valence-electron chi connectivity index (χ2n) is 8.81.